The van der Waals surface area contributed by atoms with E-state index in [1.54, 1.807) is 6.08 Å². The number of carbonyl (C=O) groups excluding carboxylic acids is 2. The van der Waals surface area contributed by atoms with E-state index >= 15 is 0 Å². The van der Waals surface area contributed by atoms with Gasteiger partial charge in [-0.25, -0.2) is 4.90 Å². The Labute approximate surface area is 217 Å². The Kier molecular flexibility index (Phi) is 7.53. The van der Waals surface area contributed by atoms with Gasteiger partial charge in [0.25, 0.3) is 11.1 Å². The minimum absolute atomic E-state index is 0.306. The van der Waals surface area contributed by atoms with E-state index in [1.165, 1.54) is 0 Å². The van der Waals surface area contributed by atoms with E-state index in [0.29, 0.717) is 36.1 Å². The Morgan fingerprint density at radius 2 is 1.67 bits per heavy atom. The summed E-state index contributed by atoms with van der Waals surface area (Å²) in [6.45, 7) is 4.25. The van der Waals surface area contributed by atoms with Crippen LogP contribution < -0.4 is 4.90 Å². The summed E-state index contributed by atoms with van der Waals surface area (Å²) in [7, 11) is 0. The number of anilines is 1. The quantitative estimate of drug-likeness (QED) is 0.338. The van der Waals surface area contributed by atoms with Gasteiger partial charge in [0.2, 0.25) is 3.79 Å². The summed E-state index contributed by atoms with van der Waals surface area (Å²) in [5.74, 6) is -0.459. The molecule has 2 heterocycles. The average Bonchev–Trinajstić information content (AvgIpc) is 3.03. The topological polar surface area (TPSA) is 43.9 Å². The summed E-state index contributed by atoms with van der Waals surface area (Å²) in [6, 6.07) is 15.3. The molecule has 2 aromatic carbocycles. The number of rotatable bonds is 4. The Hall–Kier alpha value is -1.41. The van der Waals surface area contributed by atoms with E-state index in [9.17, 15) is 9.59 Å². The monoisotopic (exact) mass is 543 g/mol. The number of alkyl halides is 3. The minimum Gasteiger partial charge on any atom is -0.369 e. The number of piperazine rings is 1. The second kappa shape index (κ2) is 10.1. The van der Waals surface area contributed by atoms with Gasteiger partial charge in [-0.15, -0.1) is 0 Å². The molecular formula is C23H21Cl4N3O2S. The maximum absolute atomic E-state index is 13.2. The van der Waals surface area contributed by atoms with Gasteiger partial charge in [-0.1, -0.05) is 82.3 Å². The third kappa shape index (κ3) is 5.64. The van der Waals surface area contributed by atoms with Crippen molar-refractivity contribution < 1.29 is 9.59 Å². The van der Waals surface area contributed by atoms with Crippen molar-refractivity contribution in [2.75, 3.05) is 31.1 Å². The van der Waals surface area contributed by atoms with Crippen molar-refractivity contribution in [2.24, 2.45) is 0 Å². The Morgan fingerprint density at radius 1 is 1.00 bits per heavy atom. The molecule has 0 aromatic heterocycles. The van der Waals surface area contributed by atoms with Crippen molar-refractivity contribution in [1.29, 1.82) is 0 Å². The molecule has 0 spiro atoms. The molecule has 5 nitrogen and oxygen atoms in total. The van der Waals surface area contributed by atoms with Crippen LogP contribution in [0.25, 0.3) is 6.08 Å². The Balaban J connectivity index is 1.54. The number of hydrogen-bond acceptors (Lipinski definition) is 5. The molecule has 0 saturated carbocycles. The zero-order valence-corrected chi connectivity index (χ0v) is 21.5. The highest BCUT2D eigenvalue weighted by Crippen LogP contribution is 2.42. The maximum atomic E-state index is 13.2. The molecule has 1 atom stereocenters. The second-order valence-electron chi connectivity index (χ2n) is 7.88. The first-order chi connectivity index (χ1) is 15.6. The number of amides is 2. The highest BCUT2D eigenvalue weighted by atomic mass is 35.6. The van der Waals surface area contributed by atoms with Crippen LogP contribution in [0.1, 0.15) is 11.1 Å². The zero-order chi connectivity index (χ0) is 23.8. The van der Waals surface area contributed by atoms with Crippen LogP contribution in [-0.4, -0.2) is 57.1 Å². The van der Waals surface area contributed by atoms with Crippen molar-refractivity contribution in [2.45, 2.75) is 16.9 Å². The van der Waals surface area contributed by atoms with Gasteiger partial charge in [0.05, 0.1) is 4.91 Å². The van der Waals surface area contributed by atoms with Crippen LogP contribution in [0.2, 0.25) is 5.02 Å². The van der Waals surface area contributed by atoms with Crippen LogP contribution in [0.3, 0.4) is 0 Å². The molecule has 33 heavy (non-hydrogen) atoms. The smallest absolute Gasteiger partial charge is 0.295 e. The number of carbonyl (C=O) groups is 2. The lowest BCUT2D eigenvalue weighted by molar-refractivity contribution is -0.127. The molecule has 0 aliphatic carbocycles. The highest BCUT2D eigenvalue weighted by Gasteiger charge is 2.51. The van der Waals surface area contributed by atoms with Crippen LogP contribution in [0.15, 0.2) is 53.4 Å². The van der Waals surface area contributed by atoms with E-state index in [1.807, 2.05) is 60.4 Å². The van der Waals surface area contributed by atoms with E-state index in [0.717, 1.165) is 33.5 Å². The number of hydrogen-bond donors (Lipinski definition) is 0. The van der Waals surface area contributed by atoms with Gasteiger partial charge < -0.3 is 4.90 Å². The third-order valence-corrected chi connectivity index (χ3v) is 7.27. The van der Waals surface area contributed by atoms with Gasteiger partial charge in [0, 0.05) is 36.9 Å². The lowest BCUT2D eigenvalue weighted by Gasteiger charge is -2.44. The minimum atomic E-state index is -1.87. The van der Waals surface area contributed by atoms with Gasteiger partial charge in [-0.2, -0.15) is 0 Å². The van der Waals surface area contributed by atoms with E-state index in [2.05, 4.69) is 4.90 Å². The molecule has 0 bridgehead atoms. The van der Waals surface area contributed by atoms with Crippen LogP contribution in [0.4, 0.5) is 10.5 Å². The molecular weight excluding hydrogens is 524 g/mol. The predicted octanol–water partition coefficient (Wildman–Crippen LogP) is 6.20. The maximum Gasteiger partial charge on any atom is 0.295 e. The number of halogens is 4. The molecule has 2 amide bonds. The largest absolute Gasteiger partial charge is 0.369 e. The fourth-order valence-electron chi connectivity index (χ4n) is 3.92. The number of nitrogens with zero attached hydrogens (tertiary/aromatic N) is 3. The van der Waals surface area contributed by atoms with Crippen LogP contribution >= 0.6 is 58.2 Å². The molecule has 0 radical (unpaired) electrons. The SMILES string of the molecule is Cc1ccc(/C=C2/SC(=O)N(C(N3CCN(c4cccc(Cl)c4)CC3)C(Cl)(Cl)Cl)C2=O)cc1. The average molecular weight is 545 g/mol. The number of benzene rings is 2. The summed E-state index contributed by atoms with van der Waals surface area (Å²) in [5.41, 5.74) is 2.93. The zero-order valence-electron chi connectivity index (χ0n) is 17.7. The van der Waals surface area contributed by atoms with Crippen LogP contribution in [0, 0.1) is 6.92 Å². The van der Waals surface area contributed by atoms with Gasteiger partial charge in [-0.05, 0) is 48.5 Å². The standard InChI is InChI=1S/C23H21Cl4N3O2S/c1-15-5-7-16(8-6-15)13-19-20(31)30(22(32)33-19)21(23(25,26)27)29-11-9-28(10-12-29)18-4-2-3-17(24)14-18/h2-8,13-14,21H,9-12H2,1H3/b19-13+. The predicted molar refractivity (Wildman–Crippen MR) is 138 cm³/mol. The normalized spacial score (nSPS) is 20.1. The number of aryl methyl sites for hydroxylation is 1. The summed E-state index contributed by atoms with van der Waals surface area (Å²) >= 11 is 26.0. The number of imide groups is 1. The fourth-order valence-corrected chi connectivity index (χ4v) is 5.66. The molecule has 0 N–H and O–H groups in total. The molecule has 2 aliphatic heterocycles. The van der Waals surface area contributed by atoms with Crippen molar-refractivity contribution in [3.63, 3.8) is 0 Å². The Bertz CT molecular complexity index is 1080. The van der Waals surface area contributed by atoms with E-state index in [4.69, 9.17) is 46.4 Å². The molecule has 2 fully saturated rings. The molecule has 2 aromatic rings. The van der Waals surface area contributed by atoms with Gasteiger partial charge >= 0.3 is 0 Å². The molecule has 2 saturated heterocycles. The van der Waals surface area contributed by atoms with Crippen LogP contribution in [0.5, 0.6) is 0 Å². The lowest BCUT2D eigenvalue weighted by Crippen LogP contribution is -2.61. The first kappa shape index (κ1) is 24.7. The first-order valence-electron chi connectivity index (χ1n) is 10.3. The summed E-state index contributed by atoms with van der Waals surface area (Å²) in [6.07, 6.45) is 0.678. The fraction of sp³-hybridized carbons (Fsp3) is 0.304. The van der Waals surface area contributed by atoms with Crippen molar-refractivity contribution >= 4 is 81.1 Å². The molecule has 1 unspecified atom stereocenters. The molecule has 4 rings (SSSR count). The van der Waals surface area contributed by atoms with Crippen molar-refractivity contribution in [3.05, 3.63) is 69.6 Å². The number of thioether (sulfide) groups is 1. The third-order valence-electron chi connectivity index (χ3n) is 5.57. The van der Waals surface area contributed by atoms with E-state index in [-0.39, 0.29) is 0 Å². The summed E-state index contributed by atoms with van der Waals surface area (Å²) < 4.78 is -1.87. The summed E-state index contributed by atoms with van der Waals surface area (Å²) in [5, 5.41) is 0.208. The molecule has 10 heteroatoms. The van der Waals surface area contributed by atoms with Crippen molar-refractivity contribution in [1.82, 2.24) is 9.80 Å². The lowest BCUT2D eigenvalue weighted by atomic mass is 10.1. The molecule has 174 valence electrons. The van der Waals surface area contributed by atoms with Gasteiger partial charge in [0.1, 0.15) is 6.17 Å². The summed E-state index contributed by atoms with van der Waals surface area (Å²) in [4.78, 5) is 31.5. The van der Waals surface area contributed by atoms with Crippen molar-refractivity contribution in [3.8, 4) is 0 Å². The van der Waals surface area contributed by atoms with Gasteiger partial charge in [-0.3, -0.25) is 14.5 Å². The van der Waals surface area contributed by atoms with Gasteiger partial charge in [0.15, 0.2) is 0 Å². The first-order valence-corrected chi connectivity index (χ1v) is 12.6. The van der Waals surface area contributed by atoms with Crippen LogP contribution in [-0.2, 0) is 4.79 Å². The van der Waals surface area contributed by atoms with E-state index < -0.39 is 21.1 Å². The second-order valence-corrected chi connectivity index (χ2v) is 11.7. The Morgan fingerprint density at radius 3 is 2.27 bits per heavy atom. The molecule has 2 aliphatic rings. The highest BCUT2D eigenvalue weighted by molar-refractivity contribution is 8.18.